The highest BCUT2D eigenvalue weighted by Crippen LogP contribution is 2.30. The third-order valence-corrected chi connectivity index (χ3v) is 5.72. The smallest absolute Gasteiger partial charge is 0.217 e. The maximum absolute atomic E-state index is 12.6. The lowest BCUT2D eigenvalue weighted by Gasteiger charge is -2.06. The van der Waals surface area contributed by atoms with Crippen LogP contribution in [0.4, 0.5) is 0 Å². The van der Waals surface area contributed by atoms with E-state index in [1.165, 1.54) is 18.3 Å². The maximum Gasteiger partial charge on any atom is 0.217 e. The van der Waals surface area contributed by atoms with Gasteiger partial charge in [0.05, 0.1) is 4.90 Å². The van der Waals surface area contributed by atoms with Gasteiger partial charge in [0.25, 0.3) is 0 Å². The summed E-state index contributed by atoms with van der Waals surface area (Å²) >= 11 is 6.43. The van der Waals surface area contributed by atoms with Crippen LogP contribution < -0.4 is 0 Å². The lowest BCUT2D eigenvalue weighted by Crippen LogP contribution is -2.04. The minimum atomic E-state index is -3.91. The second kappa shape index (κ2) is 6.52. The molecule has 1 aromatic heterocycles. The number of hydrogen-bond acceptors (Lipinski definition) is 4. The molecule has 0 radical (unpaired) electrons. The number of rotatable bonds is 3. The fraction of sp³-hybridized carbons (Fsp3) is 0. The molecular formula is C14H8Br2N2O2S. The normalized spacial score (nSPS) is 12.0. The number of allylic oxidation sites excluding steroid dienone is 1. The number of halogens is 2. The van der Waals surface area contributed by atoms with E-state index in [0.717, 1.165) is 0 Å². The Kier molecular flexibility index (Phi) is 4.93. The van der Waals surface area contributed by atoms with Gasteiger partial charge in [-0.2, -0.15) is 5.26 Å². The summed E-state index contributed by atoms with van der Waals surface area (Å²) < 4.78 is 26.2. The van der Waals surface area contributed by atoms with E-state index in [0.29, 0.717) is 14.5 Å². The standard InChI is InChI=1S/C14H8Br2N2O2S/c15-11-3-4-13(16)14(7-11)21(19,20)12(8-17)6-10-2-1-5-18-9-10/h1-7,9H/b12-6+. The third kappa shape index (κ3) is 3.59. The van der Waals surface area contributed by atoms with Crippen LogP contribution in [0.2, 0.25) is 0 Å². The zero-order valence-corrected chi connectivity index (χ0v) is 14.5. The quantitative estimate of drug-likeness (QED) is 0.695. The molecule has 2 rings (SSSR count). The predicted octanol–water partition coefficient (Wildman–Crippen LogP) is 3.94. The van der Waals surface area contributed by atoms with Gasteiger partial charge in [0.2, 0.25) is 9.84 Å². The molecule has 7 heteroatoms. The van der Waals surface area contributed by atoms with Crippen molar-refractivity contribution in [1.29, 1.82) is 5.26 Å². The van der Waals surface area contributed by atoms with Gasteiger partial charge in [0.15, 0.2) is 0 Å². The van der Waals surface area contributed by atoms with E-state index in [1.807, 2.05) is 0 Å². The van der Waals surface area contributed by atoms with E-state index >= 15 is 0 Å². The molecule has 2 aromatic rings. The van der Waals surface area contributed by atoms with Crippen molar-refractivity contribution in [3.8, 4) is 6.07 Å². The van der Waals surface area contributed by atoms with Crippen molar-refractivity contribution < 1.29 is 8.42 Å². The van der Waals surface area contributed by atoms with E-state index in [-0.39, 0.29) is 9.80 Å². The van der Waals surface area contributed by atoms with Crippen LogP contribution in [-0.2, 0) is 9.84 Å². The molecule has 0 aliphatic carbocycles. The summed E-state index contributed by atoms with van der Waals surface area (Å²) in [5.74, 6) is 0. The zero-order valence-electron chi connectivity index (χ0n) is 10.5. The van der Waals surface area contributed by atoms with Gasteiger partial charge in [-0.15, -0.1) is 0 Å². The number of pyridine rings is 1. The fourth-order valence-corrected chi connectivity index (χ4v) is 4.24. The number of nitrogens with zero attached hydrogens (tertiary/aromatic N) is 2. The van der Waals surface area contributed by atoms with E-state index in [4.69, 9.17) is 0 Å². The first-order chi connectivity index (χ1) is 9.95. The van der Waals surface area contributed by atoms with Crippen molar-refractivity contribution in [2.75, 3.05) is 0 Å². The van der Waals surface area contributed by atoms with Gasteiger partial charge in [-0.05, 0) is 51.8 Å². The highest BCUT2D eigenvalue weighted by Gasteiger charge is 2.23. The molecule has 0 amide bonds. The Bertz CT molecular complexity index is 841. The van der Waals surface area contributed by atoms with Crippen molar-refractivity contribution >= 4 is 47.8 Å². The number of sulfone groups is 1. The molecule has 0 aliphatic rings. The molecule has 0 N–H and O–H groups in total. The first-order valence-corrected chi connectivity index (χ1v) is 8.74. The van der Waals surface area contributed by atoms with E-state index in [2.05, 4.69) is 36.8 Å². The minimum absolute atomic E-state index is 0.0357. The average Bonchev–Trinajstić information content (AvgIpc) is 2.48. The SMILES string of the molecule is N#C/C(=C\c1cccnc1)S(=O)(=O)c1cc(Br)ccc1Br. The molecule has 0 unspecified atom stereocenters. The number of nitriles is 1. The van der Waals surface area contributed by atoms with Gasteiger partial charge in [0, 0.05) is 21.3 Å². The largest absolute Gasteiger partial charge is 0.264 e. The molecule has 0 atom stereocenters. The van der Waals surface area contributed by atoms with Crippen molar-refractivity contribution in [1.82, 2.24) is 4.98 Å². The number of hydrogen-bond donors (Lipinski definition) is 0. The van der Waals surface area contributed by atoms with Gasteiger partial charge < -0.3 is 0 Å². The Balaban J connectivity index is 2.59. The molecule has 1 aromatic carbocycles. The maximum atomic E-state index is 12.6. The summed E-state index contributed by atoms with van der Waals surface area (Å²) in [6.45, 7) is 0. The summed E-state index contributed by atoms with van der Waals surface area (Å²) in [6, 6.07) is 9.86. The average molecular weight is 428 g/mol. The summed E-state index contributed by atoms with van der Waals surface area (Å²) in [7, 11) is -3.91. The minimum Gasteiger partial charge on any atom is -0.264 e. The molecule has 1 heterocycles. The summed E-state index contributed by atoms with van der Waals surface area (Å²) in [6.07, 6.45) is 4.36. The van der Waals surface area contributed by atoms with E-state index in [1.54, 1.807) is 36.5 Å². The van der Waals surface area contributed by atoms with Crippen molar-refractivity contribution in [2.24, 2.45) is 0 Å². The Morgan fingerprint density at radius 2 is 2.05 bits per heavy atom. The van der Waals surface area contributed by atoms with Crippen LogP contribution in [-0.4, -0.2) is 13.4 Å². The van der Waals surface area contributed by atoms with Crippen molar-refractivity contribution in [3.63, 3.8) is 0 Å². The van der Waals surface area contributed by atoms with Gasteiger partial charge in [-0.1, -0.05) is 22.0 Å². The molecule has 0 saturated carbocycles. The molecule has 0 spiro atoms. The topological polar surface area (TPSA) is 70.8 Å². The molecule has 0 fully saturated rings. The van der Waals surface area contributed by atoms with Crippen LogP contribution in [0.1, 0.15) is 5.56 Å². The van der Waals surface area contributed by atoms with E-state index < -0.39 is 9.84 Å². The summed E-state index contributed by atoms with van der Waals surface area (Å²) in [5.41, 5.74) is 0.545. The summed E-state index contributed by atoms with van der Waals surface area (Å²) in [4.78, 5) is 3.59. The van der Waals surface area contributed by atoms with Crippen LogP contribution in [0.25, 0.3) is 6.08 Å². The number of benzene rings is 1. The lowest BCUT2D eigenvalue weighted by molar-refractivity contribution is 0.603. The molecular weight excluding hydrogens is 420 g/mol. The fourth-order valence-electron chi connectivity index (χ4n) is 1.58. The molecule has 0 saturated heterocycles. The summed E-state index contributed by atoms with van der Waals surface area (Å²) in [5, 5.41) is 9.20. The van der Waals surface area contributed by atoms with Crippen LogP contribution >= 0.6 is 31.9 Å². The Labute approximate surface area is 139 Å². The highest BCUT2D eigenvalue weighted by molar-refractivity contribution is 9.11. The van der Waals surface area contributed by atoms with Gasteiger partial charge >= 0.3 is 0 Å². The van der Waals surface area contributed by atoms with Gasteiger partial charge in [-0.3, -0.25) is 4.98 Å². The molecule has 21 heavy (non-hydrogen) atoms. The molecule has 0 aliphatic heterocycles. The van der Waals surface area contributed by atoms with E-state index in [9.17, 15) is 13.7 Å². The van der Waals surface area contributed by atoms with Gasteiger partial charge in [-0.25, -0.2) is 8.42 Å². The highest BCUT2D eigenvalue weighted by atomic mass is 79.9. The molecule has 4 nitrogen and oxygen atoms in total. The predicted molar refractivity (Wildman–Crippen MR) is 86.9 cm³/mol. The molecule has 106 valence electrons. The first kappa shape index (κ1) is 15.9. The van der Waals surface area contributed by atoms with Crippen LogP contribution in [0.15, 0.2) is 61.5 Å². The Morgan fingerprint density at radius 3 is 2.67 bits per heavy atom. The number of aromatic nitrogens is 1. The van der Waals surface area contributed by atoms with Crippen LogP contribution in [0, 0.1) is 11.3 Å². The third-order valence-electron chi connectivity index (χ3n) is 2.56. The second-order valence-corrected chi connectivity index (χ2v) is 7.64. The van der Waals surface area contributed by atoms with Gasteiger partial charge in [0.1, 0.15) is 11.0 Å². The Morgan fingerprint density at radius 1 is 1.29 bits per heavy atom. The van der Waals surface area contributed by atoms with Crippen LogP contribution in [0.5, 0.6) is 0 Å². The van der Waals surface area contributed by atoms with Crippen molar-refractivity contribution in [3.05, 3.63) is 62.1 Å². The Hall–Kier alpha value is -1.49. The van der Waals surface area contributed by atoms with Crippen molar-refractivity contribution in [2.45, 2.75) is 4.90 Å². The molecule has 0 bridgehead atoms. The zero-order chi connectivity index (χ0) is 15.5. The second-order valence-electron chi connectivity index (χ2n) is 3.98. The first-order valence-electron chi connectivity index (χ1n) is 5.67. The lowest BCUT2D eigenvalue weighted by atomic mass is 10.3. The van der Waals surface area contributed by atoms with Crippen LogP contribution in [0.3, 0.4) is 0 Å². The monoisotopic (exact) mass is 426 g/mol.